The molecule has 8 N–H and O–H groups in total. The molecule has 0 saturated heterocycles. The second-order valence-corrected chi connectivity index (χ2v) is 13.2. The number of benzene rings is 2. The molecule has 0 saturated carbocycles. The Kier molecular flexibility index (Phi) is 20.9. The van der Waals surface area contributed by atoms with E-state index < -0.39 is 9.85 Å². The van der Waals surface area contributed by atoms with Crippen molar-refractivity contribution in [1.82, 2.24) is 31.9 Å². The number of nitrogens with one attached hydrogen (secondary N) is 6. The average Bonchev–Trinajstić information content (AvgIpc) is 3.75. The molecule has 4 aromatic rings. The van der Waals surface area contributed by atoms with Crippen molar-refractivity contribution >= 4 is 23.5 Å². The first kappa shape index (κ1) is 44.2. The lowest BCUT2D eigenvalue weighted by atomic mass is 10.1. The molecule has 0 amide bonds. The standard InChI is InChI=1S/2C18H24N4O3S.H2O/c2*1-19-11-17-16(14-6-4-3-5-7-14)10-15(25-17)13-26-9-8-21-18(20-2)12-22(23)24;/h2*3-7,10,12,19-21H,8-9,11,13H2,1-2H3;1H2. The summed E-state index contributed by atoms with van der Waals surface area (Å²) in [5, 5.41) is 38.7. The van der Waals surface area contributed by atoms with E-state index in [-0.39, 0.29) is 5.48 Å². The van der Waals surface area contributed by atoms with Crippen LogP contribution in [0.2, 0.25) is 0 Å². The van der Waals surface area contributed by atoms with Crippen LogP contribution in [0.3, 0.4) is 0 Å². The second kappa shape index (κ2) is 25.1. The predicted molar refractivity (Wildman–Crippen MR) is 214 cm³/mol. The van der Waals surface area contributed by atoms with Crippen LogP contribution < -0.4 is 31.9 Å². The van der Waals surface area contributed by atoms with Crippen LogP contribution in [0.25, 0.3) is 22.3 Å². The summed E-state index contributed by atoms with van der Waals surface area (Å²) in [6.45, 7) is 2.60. The van der Waals surface area contributed by atoms with Crippen LogP contribution in [0.1, 0.15) is 23.0 Å². The largest absolute Gasteiger partial charge is 0.463 e. The normalized spacial score (nSPS) is 11.2. The number of thioether (sulfide) groups is 2. The maximum Gasteiger partial charge on any atom is 0.274 e. The van der Waals surface area contributed by atoms with Crippen LogP contribution in [0.15, 0.2) is 106 Å². The summed E-state index contributed by atoms with van der Waals surface area (Å²) < 4.78 is 12.0. The van der Waals surface area contributed by atoms with Gasteiger partial charge in [0.2, 0.25) is 0 Å². The molecule has 0 aliphatic heterocycles. The molecule has 0 atom stereocenters. The zero-order chi connectivity index (χ0) is 37.6. The van der Waals surface area contributed by atoms with E-state index in [0.29, 0.717) is 37.8 Å². The van der Waals surface area contributed by atoms with E-state index in [4.69, 9.17) is 8.83 Å². The van der Waals surface area contributed by atoms with Gasteiger partial charge in [0.25, 0.3) is 12.4 Å². The molecule has 0 unspecified atom stereocenters. The van der Waals surface area contributed by atoms with Gasteiger partial charge in [-0.15, -0.1) is 0 Å². The van der Waals surface area contributed by atoms with Crippen molar-refractivity contribution in [2.75, 3.05) is 52.8 Å². The van der Waals surface area contributed by atoms with Gasteiger partial charge in [-0.2, -0.15) is 23.5 Å². The highest BCUT2D eigenvalue weighted by atomic mass is 32.2. The summed E-state index contributed by atoms with van der Waals surface area (Å²) >= 11 is 3.42. The van der Waals surface area contributed by atoms with E-state index in [9.17, 15) is 20.2 Å². The van der Waals surface area contributed by atoms with Crippen molar-refractivity contribution in [2.45, 2.75) is 24.6 Å². The third-order valence-corrected chi connectivity index (χ3v) is 9.15. The van der Waals surface area contributed by atoms with Gasteiger partial charge < -0.3 is 46.2 Å². The summed E-state index contributed by atoms with van der Waals surface area (Å²) in [6.07, 6.45) is 1.85. The van der Waals surface area contributed by atoms with Gasteiger partial charge >= 0.3 is 0 Å². The van der Waals surface area contributed by atoms with E-state index in [1.54, 1.807) is 37.6 Å². The Morgan fingerprint density at radius 2 is 1.04 bits per heavy atom. The summed E-state index contributed by atoms with van der Waals surface area (Å²) in [5.41, 5.74) is 4.51. The molecule has 53 heavy (non-hydrogen) atoms. The Bertz CT molecular complexity index is 1590. The van der Waals surface area contributed by atoms with Crippen molar-refractivity contribution in [3.63, 3.8) is 0 Å². The van der Waals surface area contributed by atoms with E-state index in [1.165, 1.54) is 0 Å². The van der Waals surface area contributed by atoms with Crippen LogP contribution in [0, 0.1) is 20.2 Å². The fraction of sp³-hybridized carbons (Fsp3) is 0.333. The minimum absolute atomic E-state index is 0. The highest BCUT2D eigenvalue weighted by molar-refractivity contribution is 7.98. The zero-order valence-electron chi connectivity index (χ0n) is 30.4. The van der Waals surface area contributed by atoms with Crippen LogP contribution in [-0.2, 0) is 24.6 Å². The first-order chi connectivity index (χ1) is 25.3. The van der Waals surface area contributed by atoms with E-state index >= 15 is 0 Å². The van der Waals surface area contributed by atoms with Gasteiger partial charge in [-0.1, -0.05) is 60.7 Å². The number of nitrogens with zero attached hydrogens (tertiary/aromatic N) is 2. The molecule has 17 heteroatoms. The van der Waals surface area contributed by atoms with Gasteiger partial charge in [0.05, 0.1) is 34.4 Å². The summed E-state index contributed by atoms with van der Waals surface area (Å²) in [4.78, 5) is 20.0. The molecule has 2 heterocycles. The summed E-state index contributed by atoms with van der Waals surface area (Å²) in [7, 11) is 7.09. The van der Waals surface area contributed by atoms with Crippen molar-refractivity contribution in [2.24, 2.45) is 0 Å². The fourth-order valence-electron chi connectivity index (χ4n) is 4.89. The van der Waals surface area contributed by atoms with Crippen LogP contribution >= 0.6 is 23.5 Å². The lowest BCUT2D eigenvalue weighted by molar-refractivity contribution is -0.404. The molecule has 0 aliphatic carbocycles. The Labute approximate surface area is 318 Å². The highest BCUT2D eigenvalue weighted by Crippen LogP contribution is 2.30. The topological polar surface area (TPSA) is 216 Å². The molecular formula is C36H50N8O7S2. The number of hydrogen-bond acceptors (Lipinski definition) is 14. The molecule has 2 aromatic heterocycles. The van der Waals surface area contributed by atoms with Gasteiger partial charge in [0.15, 0.2) is 11.6 Å². The lowest BCUT2D eigenvalue weighted by Gasteiger charge is -2.07. The second-order valence-electron chi connectivity index (χ2n) is 11.0. The molecule has 0 aliphatic rings. The molecule has 0 bridgehead atoms. The van der Waals surface area contributed by atoms with E-state index in [2.05, 4.69) is 68.3 Å². The SMILES string of the molecule is CNCc1oc(CSCCNC(=C[N+](=O)[O-])NC)cc1-c1ccccc1.CNCc1oc(CSCCNC(=C[N+](=O)[O-])NC)cc1-c1ccccc1.O. The smallest absolute Gasteiger partial charge is 0.274 e. The fourth-order valence-corrected chi connectivity index (χ4v) is 6.36. The van der Waals surface area contributed by atoms with Gasteiger partial charge in [-0.05, 0) is 37.4 Å². The van der Waals surface area contributed by atoms with Gasteiger partial charge in [-0.25, -0.2) is 0 Å². The summed E-state index contributed by atoms with van der Waals surface area (Å²) in [6, 6.07) is 24.5. The van der Waals surface area contributed by atoms with E-state index in [0.717, 1.165) is 80.7 Å². The Hall–Kier alpha value is -4.94. The minimum atomic E-state index is -0.483. The minimum Gasteiger partial charge on any atom is -0.463 e. The summed E-state index contributed by atoms with van der Waals surface area (Å²) in [5.74, 6) is 7.62. The molecule has 0 spiro atoms. The zero-order valence-corrected chi connectivity index (χ0v) is 32.0. The molecule has 0 fully saturated rings. The monoisotopic (exact) mass is 770 g/mol. The quantitative estimate of drug-likeness (QED) is 0.0362. The lowest BCUT2D eigenvalue weighted by Crippen LogP contribution is -2.26. The number of hydrogen-bond donors (Lipinski definition) is 6. The molecule has 4 rings (SSSR count). The Morgan fingerprint density at radius 1 is 0.660 bits per heavy atom. The van der Waals surface area contributed by atoms with Crippen LogP contribution in [-0.4, -0.2) is 68.1 Å². The van der Waals surface area contributed by atoms with E-state index in [1.807, 2.05) is 50.5 Å². The molecule has 0 radical (unpaired) electrons. The molecular weight excluding hydrogens is 721 g/mol. The third kappa shape index (κ3) is 16.1. The van der Waals surface area contributed by atoms with Crippen LogP contribution in [0.5, 0.6) is 0 Å². The average molecular weight is 771 g/mol. The first-order valence-electron chi connectivity index (χ1n) is 16.6. The van der Waals surface area contributed by atoms with Crippen molar-refractivity contribution < 1.29 is 24.2 Å². The van der Waals surface area contributed by atoms with Crippen LogP contribution in [0.4, 0.5) is 0 Å². The van der Waals surface area contributed by atoms with Crippen molar-refractivity contribution in [3.8, 4) is 22.3 Å². The number of nitro groups is 2. The number of furan rings is 2. The Balaban J connectivity index is 0.000000360. The van der Waals surface area contributed by atoms with Crippen molar-refractivity contribution in [3.05, 3.63) is 140 Å². The molecule has 2 aromatic carbocycles. The highest BCUT2D eigenvalue weighted by Gasteiger charge is 2.14. The van der Waals surface area contributed by atoms with Gasteiger partial charge in [0.1, 0.15) is 23.0 Å². The first-order valence-corrected chi connectivity index (χ1v) is 18.9. The molecule has 288 valence electrons. The maximum absolute atomic E-state index is 10.5. The molecule has 15 nitrogen and oxygen atoms in total. The predicted octanol–water partition coefficient (Wildman–Crippen LogP) is 4.74. The van der Waals surface area contributed by atoms with Gasteiger partial charge in [-0.3, -0.25) is 20.2 Å². The Morgan fingerprint density at radius 3 is 1.36 bits per heavy atom. The van der Waals surface area contributed by atoms with Gasteiger partial charge in [0, 0.05) is 49.8 Å². The maximum atomic E-state index is 10.5. The number of rotatable bonds is 22. The third-order valence-electron chi connectivity index (χ3n) is 7.18. The van der Waals surface area contributed by atoms with Crippen molar-refractivity contribution in [1.29, 1.82) is 0 Å².